The van der Waals surface area contributed by atoms with Crippen molar-refractivity contribution < 1.29 is 49.3 Å². The number of nitrogens with one attached hydrogen (secondary N) is 1. The lowest BCUT2D eigenvalue weighted by Crippen LogP contribution is -2.60. The quantitative estimate of drug-likeness (QED) is 0.0195. The van der Waals surface area contributed by atoms with Gasteiger partial charge in [0.25, 0.3) is 0 Å². The van der Waals surface area contributed by atoms with E-state index in [2.05, 4.69) is 79.9 Å². The summed E-state index contributed by atoms with van der Waals surface area (Å²) in [6.45, 7) is 4.36. The van der Waals surface area contributed by atoms with Gasteiger partial charge in [0, 0.05) is 12.8 Å². The van der Waals surface area contributed by atoms with E-state index in [0.29, 0.717) is 19.4 Å². The summed E-state index contributed by atoms with van der Waals surface area (Å²) in [6.07, 6.45) is 96.7. The molecule has 11 nitrogen and oxygen atoms in total. The van der Waals surface area contributed by atoms with Gasteiger partial charge in [-0.1, -0.05) is 363 Å². The van der Waals surface area contributed by atoms with Crippen molar-refractivity contribution in [3.05, 3.63) is 72.9 Å². The zero-order valence-electron chi connectivity index (χ0n) is 65.4. The second-order valence-corrected chi connectivity index (χ2v) is 29.9. The molecule has 0 bridgehead atoms. The summed E-state index contributed by atoms with van der Waals surface area (Å²) < 4.78 is 16.8. The molecule has 0 saturated carbocycles. The van der Waals surface area contributed by atoms with Crippen molar-refractivity contribution in [2.75, 3.05) is 19.8 Å². The van der Waals surface area contributed by atoms with E-state index < -0.39 is 49.5 Å². The Kier molecular flexibility index (Phi) is 73.4. The lowest BCUT2D eigenvalue weighted by atomic mass is 9.99. The molecule has 0 aromatic carbocycles. The second-order valence-electron chi connectivity index (χ2n) is 29.9. The number of ether oxygens (including phenoxy) is 3. The lowest BCUT2D eigenvalue weighted by molar-refractivity contribution is -0.302. The number of carbonyl (C=O) groups excluding carboxylic acids is 2. The van der Waals surface area contributed by atoms with Crippen LogP contribution in [-0.2, 0) is 23.8 Å². The first-order chi connectivity index (χ1) is 49.2. The fourth-order valence-electron chi connectivity index (χ4n) is 13.5. The van der Waals surface area contributed by atoms with Crippen LogP contribution < -0.4 is 5.32 Å². The second kappa shape index (κ2) is 77.2. The molecule has 0 aromatic rings. The molecule has 0 aliphatic carbocycles. The smallest absolute Gasteiger partial charge is 0.305 e. The minimum atomic E-state index is -1.58. The van der Waals surface area contributed by atoms with Gasteiger partial charge in [-0.05, 0) is 116 Å². The Labute approximate surface area is 617 Å². The van der Waals surface area contributed by atoms with Crippen molar-refractivity contribution >= 4 is 11.9 Å². The highest BCUT2D eigenvalue weighted by Gasteiger charge is 2.44. The van der Waals surface area contributed by atoms with E-state index in [1.807, 2.05) is 6.08 Å². The largest absolute Gasteiger partial charge is 0.466 e. The van der Waals surface area contributed by atoms with Gasteiger partial charge in [-0.15, -0.1) is 0 Å². The summed E-state index contributed by atoms with van der Waals surface area (Å²) >= 11 is 0. The third-order valence-electron chi connectivity index (χ3n) is 20.2. The summed E-state index contributed by atoms with van der Waals surface area (Å²) in [7, 11) is 0. The van der Waals surface area contributed by atoms with Crippen LogP contribution in [-0.4, -0.2) is 100 Å². The average molecular weight is 1410 g/mol. The standard InChI is InChI=1S/C89H163NO10/c1-3-5-7-9-11-13-15-17-19-20-45-49-53-57-61-65-69-73-77-85(94)98-78-74-70-66-62-58-54-50-46-43-41-39-37-35-33-31-29-27-25-23-21-22-24-26-28-30-32-34-36-38-40-42-44-48-52-56-60-64-68-72-76-84(93)90-81(80-99-89-88(97)87(96)86(95)83(79-91)100-89)82(92)75-71-67-63-59-55-51-47-18-16-14-12-10-8-6-4-2/h16,18-22,25,27,55,59,71,75,81-83,86-89,91-92,95-97H,3-15,17,23-24,26,28-54,56-58,60-70,72-74,76-80H2,1-2H3,(H,90,93)/b18-16+,20-19-,22-21-,27-25-,59-55+,75-71+. The van der Waals surface area contributed by atoms with Crippen LogP contribution in [0.25, 0.3) is 0 Å². The molecule has 7 atom stereocenters. The van der Waals surface area contributed by atoms with Crippen molar-refractivity contribution in [2.24, 2.45) is 0 Å². The van der Waals surface area contributed by atoms with Crippen molar-refractivity contribution in [3.63, 3.8) is 0 Å². The number of esters is 1. The fraction of sp³-hybridized carbons (Fsp3) is 0.843. The SMILES string of the molecule is CCCCCCC/C=C/CC/C=C/CC/C=C/C(O)C(COC1OC(CO)C(O)C(O)C1O)NC(=O)CCCCCCCCCCCCCCCCCCC/C=C\C/C=C\CCCCCCCCCCCCCCCCCOC(=O)CCCCCCCCC/C=C\CCCCCCCCC. The first-order valence-corrected chi connectivity index (χ1v) is 43.2. The number of rotatable bonds is 77. The van der Waals surface area contributed by atoms with E-state index in [1.54, 1.807) is 6.08 Å². The average Bonchev–Trinajstić information content (AvgIpc) is 0.824. The molecule has 11 heteroatoms. The number of hydrogen-bond donors (Lipinski definition) is 6. The molecule has 0 spiro atoms. The van der Waals surface area contributed by atoms with E-state index in [4.69, 9.17) is 14.2 Å². The number of amides is 1. The van der Waals surface area contributed by atoms with Crippen LogP contribution in [0.4, 0.5) is 0 Å². The monoisotopic (exact) mass is 1410 g/mol. The van der Waals surface area contributed by atoms with Gasteiger partial charge in [0.15, 0.2) is 6.29 Å². The van der Waals surface area contributed by atoms with E-state index in [0.717, 1.165) is 77.0 Å². The first-order valence-electron chi connectivity index (χ1n) is 43.2. The molecule has 1 heterocycles. The molecule has 100 heavy (non-hydrogen) atoms. The maximum absolute atomic E-state index is 13.1. The van der Waals surface area contributed by atoms with Gasteiger partial charge in [0.1, 0.15) is 24.4 Å². The lowest BCUT2D eigenvalue weighted by Gasteiger charge is -2.40. The van der Waals surface area contributed by atoms with E-state index in [9.17, 15) is 35.1 Å². The molecule has 1 amide bonds. The van der Waals surface area contributed by atoms with Crippen molar-refractivity contribution in [2.45, 2.75) is 461 Å². The normalized spacial score (nSPS) is 17.4. The van der Waals surface area contributed by atoms with Crippen LogP contribution in [0.2, 0.25) is 0 Å². The van der Waals surface area contributed by atoms with Crippen LogP contribution >= 0.6 is 0 Å². The predicted octanol–water partition coefficient (Wildman–Crippen LogP) is 24.1. The Hall–Kier alpha value is -2.90. The van der Waals surface area contributed by atoms with E-state index in [-0.39, 0.29) is 18.5 Å². The Morgan fingerprint density at radius 3 is 1.05 bits per heavy atom. The van der Waals surface area contributed by atoms with Crippen LogP contribution in [0.3, 0.4) is 0 Å². The van der Waals surface area contributed by atoms with Gasteiger partial charge in [0.05, 0.1) is 32.0 Å². The molecule has 0 aromatic heterocycles. The zero-order valence-corrected chi connectivity index (χ0v) is 65.4. The third-order valence-corrected chi connectivity index (χ3v) is 20.2. The maximum atomic E-state index is 13.1. The third kappa shape index (κ3) is 64.7. The Bertz CT molecular complexity index is 1900. The van der Waals surface area contributed by atoms with Crippen LogP contribution in [0.5, 0.6) is 0 Å². The Morgan fingerprint density at radius 1 is 0.370 bits per heavy atom. The van der Waals surface area contributed by atoms with Gasteiger partial charge in [0.2, 0.25) is 5.91 Å². The Balaban J connectivity index is 1.90. The topological polar surface area (TPSA) is 175 Å². The summed E-state index contributed by atoms with van der Waals surface area (Å²) in [6, 6.07) is -0.834. The number of aliphatic hydroxyl groups excluding tert-OH is 5. The molecule has 1 aliphatic heterocycles. The molecular formula is C89H163NO10. The van der Waals surface area contributed by atoms with E-state index >= 15 is 0 Å². The zero-order chi connectivity index (χ0) is 72.2. The number of aliphatic hydroxyl groups is 5. The van der Waals surface area contributed by atoms with Gasteiger partial charge >= 0.3 is 5.97 Å². The van der Waals surface area contributed by atoms with E-state index in [1.165, 1.54) is 315 Å². The van der Waals surface area contributed by atoms with Crippen LogP contribution in [0, 0.1) is 0 Å². The Morgan fingerprint density at radius 2 is 0.680 bits per heavy atom. The summed E-state index contributed by atoms with van der Waals surface area (Å²) in [5, 5.41) is 54.6. The van der Waals surface area contributed by atoms with Crippen LogP contribution in [0.1, 0.15) is 418 Å². The number of hydrogen-bond acceptors (Lipinski definition) is 10. The highest BCUT2D eigenvalue weighted by Crippen LogP contribution is 2.24. The minimum Gasteiger partial charge on any atom is -0.466 e. The summed E-state index contributed by atoms with van der Waals surface area (Å²) in [5.74, 6) is -0.180. The summed E-state index contributed by atoms with van der Waals surface area (Å²) in [5.41, 5.74) is 0. The number of unbranched alkanes of at least 4 members (excludes halogenated alkanes) is 53. The predicted molar refractivity (Wildman–Crippen MR) is 426 cm³/mol. The van der Waals surface area contributed by atoms with Crippen LogP contribution in [0.15, 0.2) is 72.9 Å². The van der Waals surface area contributed by atoms with Crippen molar-refractivity contribution in [1.82, 2.24) is 5.32 Å². The molecule has 1 fully saturated rings. The first kappa shape index (κ1) is 95.1. The summed E-state index contributed by atoms with van der Waals surface area (Å²) in [4.78, 5) is 25.2. The number of allylic oxidation sites excluding steroid dienone is 11. The molecule has 7 unspecified atom stereocenters. The molecule has 1 aliphatic rings. The van der Waals surface area contributed by atoms with Crippen molar-refractivity contribution in [3.8, 4) is 0 Å². The fourth-order valence-corrected chi connectivity index (χ4v) is 13.5. The molecule has 584 valence electrons. The van der Waals surface area contributed by atoms with Gasteiger partial charge < -0.3 is 45.1 Å². The highest BCUT2D eigenvalue weighted by molar-refractivity contribution is 5.76. The molecule has 1 saturated heterocycles. The van der Waals surface area contributed by atoms with Crippen molar-refractivity contribution in [1.29, 1.82) is 0 Å². The number of carbonyl (C=O) groups is 2. The van der Waals surface area contributed by atoms with Gasteiger partial charge in [-0.2, -0.15) is 0 Å². The molecule has 1 rings (SSSR count). The molecular weight excluding hydrogens is 1240 g/mol. The van der Waals surface area contributed by atoms with Gasteiger partial charge in [-0.3, -0.25) is 9.59 Å². The minimum absolute atomic E-state index is 0.0118. The highest BCUT2D eigenvalue weighted by atomic mass is 16.7. The molecule has 6 N–H and O–H groups in total. The maximum Gasteiger partial charge on any atom is 0.305 e. The van der Waals surface area contributed by atoms with Gasteiger partial charge in [-0.25, -0.2) is 0 Å². The molecule has 0 radical (unpaired) electrons.